The van der Waals surface area contributed by atoms with Crippen molar-refractivity contribution >= 4 is 17.9 Å². The van der Waals surface area contributed by atoms with Gasteiger partial charge in [0.1, 0.15) is 13.2 Å². The van der Waals surface area contributed by atoms with Crippen molar-refractivity contribution in [3.05, 3.63) is 170 Å². The van der Waals surface area contributed by atoms with Crippen LogP contribution in [0.2, 0.25) is 0 Å². The Morgan fingerprint density at radius 1 is 0.273 bits per heavy atom. The normalized spacial score (nSPS) is 13.3. The van der Waals surface area contributed by atoms with Crippen LogP contribution in [0.1, 0.15) is 239 Å². The van der Waals surface area contributed by atoms with E-state index in [0.717, 1.165) is 116 Å². The second-order valence-corrected chi connectivity index (χ2v) is 19.5. The van der Waals surface area contributed by atoms with Gasteiger partial charge in [-0.25, -0.2) is 0 Å². The molecule has 0 heterocycles. The van der Waals surface area contributed by atoms with Crippen molar-refractivity contribution < 1.29 is 28.6 Å². The minimum Gasteiger partial charge on any atom is -0.462 e. The van der Waals surface area contributed by atoms with Crippen LogP contribution in [-0.2, 0) is 28.6 Å². The first kappa shape index (κ1) is 71.8. The number of hydrogen-bond acceptors (Lipinski definition) is 6. The predicted octanol–water partition coefficient (Wildman–Crippen LogP) is 21.1. The Morgan fingerprint density at radius 3 is 0.896 bits per heavy atom. The Bertz CT molecular complexity index is 1790. The minimum absolute atomic E-state index is 0.133. The van der Waals surface area contributed by atoms with Gasteiger partial charge in [0.25, 0.3) is 0 Å². The van der Waals surface area contributed by atoms with E-state index in [1.54, 1.807) is 0 Å². The molecule has 6 nitrogen and oxygen atoms in total. The van der Waals surface area contributed by atoms with Crippen LogP contribution in [-0.4, -0.2) is 37.2 Å². The molecule has 0 bridgehead atoms. The number of esters is 3. The van der Waals surface area contributed by atoms with Gasteiger partial charge in [-0.15, -0.1) is 0 Å². The van der Waals surface area contributed by atoms with E-state index in [2.05, 4.69) is 179 Å². The summed E-state index contributed by atoms with van der Waals surface area (Å²) in [4.78, 5) is 38.2. The molecule has 0 aromatic carbocycles. The highest BCUT2D eigenvalue weighted by atomic mass is 16.6. The number of allylic oxidation sites excluding steroid dienone is 28. The lowest BCUT2D eigenvalue weighted by Gasteiger charge is -2.18. The van der Waals surface area contributed by atoms with Crippen LogP contribution < -0.4 is 0 Å². The van der Waals surface area contributed by atoms with Gasteiger partial charge >= 0.3 is 17.9 Å². The standard InChI is InChI=1S/C71H110O6/c1-4-7-10-13-16-19-22-25-27-29-31-32-33-34-35-36-37-38-40-41-43-46-49-52-55-58-61-64-70(73)76-67-68(66-75-69(72)63-60-57-54-51-48-45-24-21-18-15-12-9-6-3)77-71(74)65-62-59-56-53-50-47-44-42-39-30-28-26-23-20-17-14-11-8-5-2/h7,9-10,12,16-21,25-28,31-32,34-35,37-38,41,43,45,48-49,52,54,57,68H,4-6,8,11,13-15,22-24,29-30,33,36,39-40,42,44,46-47,50-51,53,55-56,58-67H2,1-3H3/b10-7-,12-9-,19-16-,20-17-,21-18-,27-25-,28-26-,32-31-,35-34-,38-37-,43-41-,48-45-,52-49-,57-54-. The fourth-order valence-electron chi connectivity index (χ4n) is 7.68. The van der Waals surface area contributed by atoms with E-state index in [-0.39, 0.29) is 44.0 Å². The number of carbonyl (C=O) groups is 3. The maximum absolute atomic E-state index is 12.9. The molecule has 0 N–H and O–H groups in total. The van der Waals surface area contributed by atoms with Gasteiger partial charge in [0.2, 0.25) is 0 Å². The van der Waals surface area contributed by atoms with Crippen molar-refractivity contribution in [3.8, 4) is 0 Å². The highest BCUT2D eigenvalue weighted by Crippen LogP contribution is 2.14. The fourth-order valence-corrected chi connectivity index (χ4v) is 7.68. The first-order chi connectivity index (χ1) is 38.0. The van der Waals surface area contributed by atoms with E-state index in [1.807, 2.05) is 12.2 Å². The topological polar surface area (TPSA) is 78.9 Å². The summed E-state index contributed by atoms with van der Waals surface area (Å²) in [6.45, 7) is 6.27. The van der Waals surface area contributed by atoms with Gasteiger partial charge in [0, 0.05) is 19.3 Å². The van der Waals surface area contributed by atoms with Crippen LogP contribution in [0.25, 0.3) is 0 Å². The van der Waals surface area contributed by atoms with Crippen molar-refractivity contribution in [3.63, 3.8) is 0 Å². The third kappa shape index (κ3) is 61.5. The monoisotopic (exact) mass is 1060 g/mol. The van der Waals surface area contributed by atoms with Crippen molar-refractivity contribution in [2.75, 3.05) is 13.2 Å². The second-order valence-electron chi connectivity index (χ2n) is 19.5. The SMILES string of the molecule is CC/C=C\C/C=C\C/C=C\C/C=C\C/C=C\C/C=C\C/C=C\C/C=C\CCCCC(=O)OCC(COC(=O)CC/C=C\C/C=C\C/C=C\C/C=C\CC)OC(=O)CCCCCCCCCCC/C=C\C/C=C\CCCCC. The Hall–Kier alpha value is -5.23. The van der Waals surface area contributed by atoms with Crippen LogP contribution in [0, 0.1) is 0 Å². The Kier molecular flexibility index (Phi) is 59.0. The lowest BCUT2D eigenvalue weighted by molar-refractivity contribution is -0.166. The summed E-state index contributed by atoms with van der Waals surface area (Å²) >= 11 is 0. The third-order valence-electron chi connectivity index (χ3n) is 12.2. The predicted molar refractivity (Wildman–Crippen MR) is 334 cm³/mol. The molecule has 0 radical (unpaired) electrons. The van der Waals surface area contributed by atoms with Gasteiger partial charge in [-0.1, -0.05) is 249 Å². The van der Waals surface area contributed by atoms with Crippen molar-refractivity contribution in [2.45, 2.75) is 245 Å². The van der Waals surface area contributed by atoms with Gasteiger partial charge in [0.15, 0.2) is 6.10 Å². The van der Waals surface area contributed by atoms with Crippen molar-refractivity contribution in [1.82, 2.24) is 0 Å². The molecule has 6 heteroatoms. The van der Waals surface area contributed by atoms with E-state index in [0.29, 0.717) is 19.3 Å². The van der Waals surface area contributed by atoms with Gasteiger partial charge in [-0.3, -0.25) is 14.4 Å². The summed E-state index contributed by atoms with van der Waals surface area (Å²) in [6, 6.07) is 0. The zero-order valence-electron chi connectivity index (χ0n) is 49.1. The summed E-state index contributed by atoms with van der Waals surface area (Å²) in [5.74, 6) is -1.07. The van der Waals surface area contributed by atoms with E-state index < -0.39 is 6.10 Å². The first-order valence-electron chi connectivity index (χ1n) is 30.6. The van der Waals surface area contributed by atoms with Gasteiger partial charge in [-0.05, 0) is 141 Å². The number of ether oxygens (including phenoxy) is 3. The molecule has 0 aromatic heterocycles. The molecule has 430 valence electrons. The van der Waals surface area contributed by atoms with Crippen molar-refractivity contribution in [1.29, 1.82) is 0 Å². The summed E-state index contributed by atoms with van der Waals surface area (Å²) in [7, 11) is 0. The second kappa shape index (κ2) is 63.3. The number of carbonyl (C=O) groups excluding carboxylic acids is 3. The largest absolute Gasteiger partial charge is 0.462 e. The molecule has 0 aliphatic heterocycles. The molecule has 1 unspecified atom stereocenters. The van der Waals surface area contributed by atoms with Gasteiger partial charge in [-0.2, -0.15) is 0 Å². The minimum atomic E-state index is -0.837. The maximum atomic E-state index is 12.9. The molecule has 0 aliphatic rings. The highest BCUT2D eigenvalue weighted by Gasteiger charge is 2.19. The number of rotatable bonds is 53. The highest BCUT2D eigenvalue weighted by molar-refractivity contribution is 5.71. The average Bonchev–Trinajstić information content (AvgIpc) is 3.43. The number of hydrogen-bond donors (Lipinski definition) is 0. The molecule has 0 spiro atoms. The van der Waals surface area contributed by atoms with Crippen LogP contribution in [0.5, 0.6) is 0 Å². The van der Waals surface area contributed by atoms with E-state index >= 15 is 0 Å². The Labute approximate surface area is 472 Å². The zero-order chi connectivity index (χ0) is 55.7. The molecule has 0 saturated heterocycles. The van der Waals surface area contributed by atoms with Crippen molar-refractivity contribution in [2.24, 2.45) is 0 Å². The fraction of sp³-hybridized carbons (Fsp3) is 0.563. The average molecular weight is 1060 g/mol. The molecular weight excluding hydrogens is 949 g/mol. The quantitative estimate of drug-likeness (QED) is 0.0261. The van der Waals surface area contributed by atoms with Gasteiger partial charge < -0.3 is 14.2 Å². The summed E-state index contributed by atoms with van der Waals surface area (Å²) in [5, 5.41) is 0. The third-order valence-corrected chi connectivity index (χ3v) is 12.2. The smallest absolute Gasteiger partial charge is 0.306 e. The van der Waals surface area contributed by atoms with Crippen LogP contribution >= 0.6 is 0 Å². The Balaban J connectivity index is 4.51. The van der Waals surface area contributed by atoms with Crippen LogP contribution in [0.3, 0.4) is 0 Å². The molecule has 77 heavy (non-hydrogen) atoms. The Morgan fingerprint density at radius 2 is 0.532 bits per heavy atom. The van der Waals surface area contributed by atoms with E-state index in [9.17, 15) is 14.4 Å². The van der Waals surface area contributed by atoms with Crippen LogP contribution in [0.15, 0.2) is 170 Å². The molecule has 0 aliphatic carbocycles. The summed E-state index contributed by atoms with van der Waals surface area (Å²) < 4.78 is 16.8. The lowest BCUT2D eigenvalue weighted by atomic mass is 10.1. The van der Waals surface area contributed by atoms with E-state index in [4.69, 9.17) is 14.2 Å². The van der Waals surface area contributed by atoms with Gasteiger partial charge in [0.05, 0.1) is 0 Å². The summed E-state index contributed by atoms with van der Waals surface area (Å²) in [6.07, 6.45) is 93.7. The summed E-state index contributed by atoms with van der Waals surface area (Å²) in [5.41, 5.74) is 0. The number of unbranched alkanes of at least 4 members (excludes halogenated alkanes) is 14. The van der Waals surface area contributed by atoms with E-state index in [1.165, 1.54) is 70.6 Å². The first-order valence-corrected chi connectivity index (χ1v) is 30.6. The van der Waals surface area contributed by atoms with Crippen LogP contribution in [0.4, 0.5) is 0 Å². The molecule has 0 amide bonds. The molecule has 1 atom stereocenters. The molecule has 0 rings (SSSR count). The molecular formula is C71H110O6. The molecule has 0 fully saturated rings. The lowest BCUT2D eigenvalue weighted by Crippen LogP contribution is -2.30. The zero-order valence-corrected chi connectivity index (χ0v) is 49.1. The maximum Gasteiger partial charge on any atom is 0.306 e. The molecule has 0 saturated carbocycles. The molecule has 0 aromatic rings.